The topological polar surface area (TPSA) is 67.8 Å². The Labute approximate surface area is 97.0 Å². The van der Waals surface area contributed by atoms with Crippen molar-refractivity contribution in [1.29, 1.82) is 0 Å². The molecule has 1 atom stereocenters. The molecule has 0 aliphatic rings. The second kappa shape index (κ2) is 6.83. The first-order valence-corrected chi connectivity index (χ1v) is 5.63. The van der Waals surface area contributed by atoms with Gasteiger partial charge in [0, 0.05) is 0 Å². The van der Waals surface area contributed by atoms with E-state index in [-0.39, 0.29) is 5.92 Å². The number of hydrogen-bond acceptors (Lipinski definition) is 4. The van der Waals surface area contributed by atoms with Crippen molar-refractivity contribution in [3.63, 3.8) is 0 Å². The zero-order valence-electron chi connectivity index (χ0n) is 10.7. The molecule has 0 aromatic heterocycles. The van der Waals surface area contributed by atoms with Gasteiger partial charge in [0.1, 0.15) is 6.04 Å². The third kappa shape index (κ3) is 6.05. The van der Waals surface area contributed by atoms with Gasteiger partial charge in [-0.2, -0.15) is 5.48 Å². The van der Waals surface area contributed by atoms with Gasteiger partial charge in [0.2, 0.25) is 0 Å². The van der Waals surface area contributed by atoms with Crippen molar-refractivity contribution in [1.82, 2.24) is 5.48 Å². The molecule has 0 saturated heterocycles. The molecule has 0 heterocycles. The predicted molar refractivity (Wildman–Crippen MR) is 60.6 cm³/mol. The Morgan fingerprint density at radius 1 is 1.44 bits per heavy atom. The van der Waals surface area contributed by atoms with E-state index in [0.717, 1.165) is 12.8 Å². The van der Waals surface area contributed by atoms with E-state index >= 15 is 0 Å². The lowest BCUT2D eigenvalue weighted by atomic mass is 10.0. The van der Waals surface area contributed by atoms with Crippen LogP contribution in [0.2, 0.25) is 0 Å². The second-order valence-electron chi connectivity index (χ2n) is 4.85. The molecule has 0 unspecified atom stereocenters. The Morgan fingerprint density at radius 3 is 2.38 bits per heavy atom. The van der Waals surface area contributed by atoms with Gasteiger partial charge in [-0.05, 0) is 26.2 Å². The number of carbonyl (C=O) groups is 1. The molecule has 0 radical (unpaired) electrons. The summed E-state index contributed by atoms with van der Waals surface area (Å²) in [6.07, 6.45) is 1.82. The predicted octanol–water partition coefficient (Wildman–Crippen LogP) is 2.13. The minimum atomic E-state index is -0.952. The first-order valence-electron chi connectivity index (χ1n) is 5.63. The van der Waals surface area contributed by atoms with E-state index in [1.54, 1.807) is 13.8 Å². The van der Waals surface area contributed by atoms with E-state index in [1.165, 1.54) is 0 Å². The number of hydrogen-bond donors (Lipinski definition) is 2. The van der Waals surface area contributed by atoms with E-state index in [1.807, 2.05) is 20.8 Å². The van der Waals surface area contributed by atoms with E-state index in [0.29, 0.717) is 0 Å². The Bertz CT molecular complexity index is 216. The van der Waals surface area contributed by atoms with Crippen molar-refractivity contribution in [3.8, 4) is 0 Å². The number of carboxylic acids is 1. The molecule has 2 N–H and O–H groups in total. The SMILES string of the molecule is CCCC(C)(C)OON[C@H](C(=O)O)C(C)C. The molecule has 5 heteroatoms. The Hall–Kier alpha value is -0.650. The largest absolute Gasteiger partial charge is 0.480 e. The number of carboxylic acid groups (broad SMARTS) is 1. The summed E-state index contributed by atoms with van der Waals surface area (Å²) in [5, 5.41) is 8.88. The van der Waals surface area contributed by atoms with Gasteiger partial charge in [-0.15, -0.1) is 4.99 Å². The normalized spacial score (nSPS) is 14.1. The highest BCUT2D eigenvalue weighted by molar-refractivity contribution is 5.73. The number of rotatable bonds is 8. The maximum absolute atomic E-state index is 10.8. The molecule has 16 heavy (non-hydrogen) atoms. The summed E-state index contributed by atoms with van der Waals surface area (Å²) in [4.78, 5) is 20.8. The third-order valence-corrected chi connectivity index (χ3v) is 2.23. The van der Waals surface area contributed by atoms with Crippen LogP contribution in [0.1, 0.15) is 47.5 Å². The van der Waals surface area contributed by atoms with Crippen LogP contribution >= 0.6 is 0 Å². The van der Waals surface area contributed by atoms with Crippen molar-refractivity contribution in [2.24, 2.45) is 5.92 Å². The van der Waals surface area contributed by atoms with Crippen LogP contribution in [0.3, 0.4) is 0 Å². The maximum atomic E-state index is 10.8. The van der Waals surface area contributed by atoms with Crippen LogP contribution < -0.4 is 5.48 Å². The lowest BCUT2D eigenvalue weighted by molar-refractivity contribution is -0.393. The van der Waals surface area contributed by atoms with Gasteiger partial charge >= 0.3 is 5.97 Å². The lowest BCUT2D eigenvalue weighted by Gasteiger charge is -2.24. The average Bonchev–Trinajstić information content (AvgIpc) is 2.10. The van der Waals surface area contributed by atoms with Gasteiger partial charge in [0.05, 0.1) is 5.60 Å². The van der Waals surface area contributed by atoms with Crippen LogP contribution in [-0.2, 0) is 14.7 Å². The summed E-state index contributed by atoms with van der Waals surface area (Å²) in [6.45, 7) is 9.43. The van der Waals surface area contributed by atoms with Crippen molar-refractivity contribution in [2.45, 2.75) is 59.1 Å². The smallest absolute Gasteiger partial charge is 0.323 e. The summed E-state index contributed by atoms with van der Waals surface area (Å²) in [6, 6.07) is -0.766. The standard InChI is InChI=1S/C11H23NO4/c1-6-7-11(4,5)15-16-12-9(8(2)3)10(13)14/h8-9,12H,6-7H2,1-5H3,(H,13,14)/t9-/m0/s1. The van der Waals surface area contributed by atoms with Crippen LogP contribution in [0, 0.1) is 5.92 Å². The minimum absolute atomic E-state index is 0.0737. The molecule has 0 bridgehead atoms. The summed E-state index contributed by atoms with van der Waals surface area (Å²) in [7, 11) is 0. The fraction of sp³-hybridized carbons (Fsp3) is 0.909. The van der Waals surface area contributed by atoms with E-state index in [4.69, 9.17) is 15.0 Å². The molecule has 0 aliphatic heterocycles. The van der Waals surface area contributed by atoms with Crippen molar-refractivity contribution in [2.75, 3.05) is 0 Å². The minimum Gasteiger partial charge on any atom is -0.480 e. The number of nitrogens with one attached hydrogen (secondary N) is 1. The van der Waals surface area contributed by atoms with Gasteiger partial charge in [0.25, 0.3) is 0 Å². The second-order valence-corrected chi connectivity index (χ2v) is 4.85. The molecule has 0 aromatic rings. The molecule has 0 saturated carbocycles. The Morgan fingerprint density at radius 2 is 2.00 bits per heavy atom. The van der Waals surface area contributed by atoms with Crippen LogP contribution in [0.5, 0.6) is 0 Å². The first-order chi connectivity index (χ1) is 7.30. The zero-order valence-corrected chi connectivity index (χ0v) is 10.7. The molecule has 0 aromatic carbocycles. The monoisotopic (exact) mass is 233 g/mol. The van der Waals surface area contributed by atoms with Gasteiger partial charge < -0.3 is 5.11 Å². The molecule has 0 fully saturated rings. The first kappa shape index (κ1) is 15.3. The van der Waals surface area contributed by atoms with Crippen LogP contribution in [0.4, 0.5) is 0 Å². The Balaban J connectivity index is 3.99. The summed E-state index contributed by atoms with van der Waals surface area (Å²) in [5.41, 5.74) is 2.00. The van der Waals surface area contributed by atoms with E-state index < -0.39 is 17.6 Å². The van der Waals surface area contributed by atoms with Gasteiger partial charge in [-0.1, -0.05) is 27.2 Å². The molecular weight excluding hydrogens is 210 g/mol. The molecule has 0 spiro atoms. The highest BCUT2D eigenvalue weighted by atomic mass is 17.3. The van der Waals surface area contributed by atoms with E-state index in [9.17, 15) is 4.79 Å². The summed E-state index contributed by atoms with van der Waals surface area (Å²) in [5.74, 6) is -1.03. The zero-order chi connectivity index (χ0) is 12.8. The molecule has 0 amide bonds. The summed E-state index contributed by atoms with van der Waals surface area (Å²) < 4.78 is 0. The Kier molecular flexibility index (Phi) is 6.55. The van der Waals surface area contributed by atoms with Crippen LogP contribution in [0.15, 0.2) is 0 Å². The van der Waals surface area contributed by atoms with E-state index in [2.05, 4.69) is 5.48 Å². The van der Waals surface area contributed by atoms with Crippen molar-refractivity contribution < 1.29 is 19.8 Å². The lowest BCUT2D eigenvalue weighted by Crippen LogP contribution is -2.42. The number of aliphatic carboxylic acids is 1. The van der Waals surface area contributed by atoms with Gasteiger partial charge in [-0.3, -0.25) is 4.79 Å². The quantitative estimate of drug-likeness (QED) is 0.496. The highest BCUT2D eigenvalue weighted by Crippen LogP contribution is 2.16. The van der Waals surface area contributed by atoms with Crippen molar-refractivity contribution >= 4 is 5.97 Å². The molecular formula is C11H23NO4. The molecule has 96 valence electrons. The van der Waals surface area contributed by atoms with Crippen molar-refractivity contribution in [3.05, 3.63) is 0 Å². The average molecular weight is 233 g/mol. The maximum Gasteiger partial charge on any atom is 0.323 e. The fourth-order valence-corrected chi connectivity index (χ4v) is 1.30. The van der Waals surface area contributed by atoms with Crippen LogP contribution in [0.25, 0.3) is 0 Å². The van der Waals surface area contributed by atoms with Gasteiger partial charge in [0.15, 0.2) is 0 Å². The molecule has 0 rings (SSSR count). The molecule has 5 nitrogen and oxygen atoms in total. The molecule has 0 aliphatic carbocycles. The third-order valence-electron chi connectivity index (χ3n) is 2.23. The highest BCUT2D eigenvalue weighted by Gasteiger charge is 2.24. The van der Waals surface area contributed by atoms with Gasteiger partial charge in [-0.25, -0.2) is 4.89 Å². The summed E-state index contributed by atoms with van der Waals surface area (Å²) >= 11 is 0. The fourth-order valence-electron chi connectivity index (χ4n) is 1.30. The van der Waals surface area contributed by atoms with Crippen LogP contribution in [-0.4, -0.2) is 22.7 Å². The number of hydroxylamine groups is 1.